The van der Waals surface area contributed by atoms with Crippen LogP contribution < -0.4 is 0 Å². The van der Waals surface area contributed by atoms with Crippen LogP contribution in [0.25, 0.3) is 5.65 Å². The summed E-state index contributed by atoms with van der Waals surface area (Å²) in [7, 11) is 0. The maximum atomic E-state index is 4.28. The van der Waals surface area contributed by atoms with Crippen LogP contribution in [0.1, 0.15) is 30.9 Å². The molecule has 1 aliphatic carbocycles. The SMILES string of the molecule is c1cc(C2CCC2)n2ccnc2c1. The standard InChI is InChI=1S/C11H12N2/c1-3-9(4-1)10-5-2-6-11-12-7-8-13(10)11/h2,5-9H,1,3-4H2. The summed E-state index contributed by atoms with van der Waals surface area (Å²) in [5.41, 5.74) is 2.51. The molecule has 0 atom stereocenters. The zero-order valence-electron chi connectivity index (χ0n) is 7.48. The van der Waals surface area contributed by atoms with Gasteiger partial charge in [-0.25, -0.2) is 4.98 Å². The highest BCUT2D eigenvalue weighted by atomic mass is 15.0. The van der Waals surface area contributed by atoms with Gasteiger partial charge in [-0.2, -0.15) is 0 Å². The molecule has 3 rings (SSSR count). The average Bonchev–Trinajstić information content (AvgIpc) is 2.49. The molecule has 66 valence electrons. The summed E-state index contributed by atoms with van der Waals surface area (Å²) in [4.78, 5) is 4.28. The van der Waals surface area contributed by atoms with E-state index in [0.29, 0.717) is 0 Å². The molecule has 0 unspecified atom stereocenters. The zero-order valence-corrected chi connectivity index (χ0v) is 7.48. The summed E-state index contributed by atoms with van der Waals surface area (Å²) in [6, 6.07) is 6.39. The Morgan fingerprint density at radius 2 is 2.23 bits per heavy atom. The molecule has 1 fully saturated rings. The lowest BCUT2D eigenvalue weighted by Gasteiger charge is -2.26. The molecule has 0 bridgehead atoms. The van der Waals surface area contributed by atoms with E-state index in [2.05, 4.69) is 33.8 Å². The molecule has 13 heavy (non-hydrogen) atoms. The number of fused-ring (bicyclic) bond motifs is 1. The van der Waals surface area contributed by atoms with Crippen molar-refractivity contribution in [2.45, 2.75) is 25.2 Å². The summed E-state index contributed by atoms with van der Waals surface area (Å²) in [5.74, 6) is 0.776. The van der Waals surface area contributed by atoms with Crippen molar-refractivity contribution in [2.75, 3.05) is 0 Å². The van der Waals surface area contributed by atoms with Crippen LogP contribution in [-0.2, 0) is 0 Å². The van der Waals surface area contributed by atoms with Crippen molar-refractivity contribution in [3.8, 4) is 0 Å². The predicted molar refractivity (Wildman–Crippen MR) is 51.8 cm³/mol. The number of aromatic nitrogens is 2. The van der Waals surface area contributed by atoms with E-state index in [1.807, 2.05) is 6.20 Å². The van der Waals surface area contributed by atoms with E-state index in [1.54, 1.807) is 0 Å². The highest BCUT2D eigenvalue weighted by Crippen LogP contribution is 2.36. The van der Waals surface area contributed by atoms with Gasteiger partial charge in [0.2, 0.25) is 0 Å². The van der Waals surface area contributed by atoms with E-state index in [4.69, 9.17) is 0 Å². The zero-order chi connectivity index (χ0) is 8.67. The van der Waals surface area contributed by atoms with E-state index in [0.717, 1.165) is 11.6 Å². The number of hydrogen-bond acceptors (Lipinski definition) is 1. The smallest absolute Gasteiger partial charge is 0.136 e. The third kappa shape index (κ3) is 0.981. The lowest BCUT2D eigenvalue weighted by Crippen LogP contribution is -2.12. The van der Waals surface area contributed by atoms with Crippen LogP contribution in [0.5, 0.6) is 0 Å². The van der Waals surface area contributed by atoms with Crippen LogP contribution >= 0.6 is 0 Å². The fourth-order valence-electron chi connectivity index (χ4n) is 2.01. The lowest BCUT2D eigenvalue weighted by atomic mass is 9.82. The molecule has 0 radical (unpaired) electrons. The second-order valence-electron chi connectivity index (χ2n) is 3.73. The lowest BCUT2D eigenvalue weighted by molar-refractivity contribution is 0.408. The van der Waals surface area contributed by atoms with Crippen molar-refractivity contribution in [3.63, 3.8) is 0 Å². The number of pyridine rings is 1. The van der Waals surface area contributed by atoms with Gasteiger partial charge < -0.3 is 4.40 Å². The summed E-state index contributed by atoms with van der Waals surface area (Å²) in [6.45, 7) is 0. The van der Waals surface area contributed by atoms with Crippen LogP contribution in [0, 0.1) is 0 Å². The van der Waals surface area contributed by atoms with Gasteiger partial charge in [0.05, 0.1) is 0 Å². The summed E-state index contributed by atoms with van der Waals surface area (Å²) >= 11 is 0. The van der Waals surface area contributed by atoms with E-state index in [9.17, 15) is 0 Å². The van der Waals surface area contributed by atoms with E-state index in [-0.39, 0.29) is 0 Å². The first kappa shape index (κ1) is 7.13. The molecule has 0 aliphatic heterocycles. The third-order valence-corrected chi connectivity index (χ3v) is 2.98. The minimum atomic E-state index is 0.776. The average molecular weight is 172 g/mol. The highest BCUT2D eigenvalue weighted by Gasteiger charge is 2.21. The normalized spacial score (nSPS) is 17.5. The molecule has 2 nitrogen and oxygen atoms in total. The number of nitrogens with zero attached hydrogens (tertiary/aromatic N) is 2. The molecule has 2 heteroatoms. The van der Waals surface area contributed by atoms with Crippen molar-refractivity contribution in [1.82, 2.24) is 9.38 Å². The predicted octanol–water partition coefficient (Wildman–Crippen LogP) is 2.60. The molecule has 0 aromatic carbocycles. The number of rotatable bonds is 1. The minimum Gasteiger partial charge on any atom is -0.304 e. The summed E-state index contributed by atoms with van der Waals surface area (Å²) in [5, 5.41) is 0. The monoisotopic (exact) mass is 172 g/mol. The Morgan fingerprint density at radius 3 is 3.00 bits per heavy atom. The fourth-order valence-corrected chi connectivity index (χ4v) is 2.01. The summed E-state index contributed by atoms with van der Waals surface area (Å²) in [6.07, 6.45) is 8.00. The molecule has 1 aliphatic rings. The van der Waals surface area contributed by atoms with Gasteiger partial charge in [-0.1, -0.05) is 12.5 Å². The van der Waals surface area contributed by atoms with Crippen LogP contribution in [-0.4, -0.2) is 9.38 Å². The largest absolute Gasteiger partial charge is 0.304 e. The second-order valence-corrected chi connectivity index (χ2v) is 3.73. The first-order valence-corrected chi connectivity index (χ1v) is 4.87. The van der Waals surface area contributed by atoms with Crippen LogP contribution in [0.15, 0.2) is 30.6 Å². The maximum Gasteiger partial charge on any atom is 0.136 e. The van der Waals surface area contributed by atoms with Crippen molar-refractivity contribution >= 4 is 5.65 Å². The topological polar surface area (TPSA) is 17.3 Å². The Bertz CT molecular complexity index is 426. The first-order valence-electron chi connectivity index (χ1n) is 4.87. The molecule has 0 amide bonds. The molecule has 0 spiro atoms. The van der Waals surface area contributed by atoms with Gasteiger partial charge in [0.15, 0.2) is 0 Å². The minimum absolute atomic E-state index is 0.776. The number of hydrogen-bond donors (Lipinski definition) is 0. The van der Waals surface area contributed by atoms with Crippen LogP contribution in [0.3, 0.4) is 0 Å². The van der Waals surface area contributed by atoms with Crippen molar-refractivity contribution in [1.29, 1.82) is 0 Å². The fraction of sp³-hybridized carbons (Fsp3) is 0.364. The summed E-state index contributed by atoms with van der Waals surface area (Å²) < 4.78 is 2.21. The first-order chi connectivity index (χ1) is 6.45. The van der Waals surface area contributed by atoms with Gasteiger partial charge in [0, 0.05) is 18.1 Å². The molecular formula is C11H12N2. The molecule has 2 aromatic heterocycles. The Morgan fingerprint density at radius 1 is 1.31 bits per heavy atom. The Balaban J connectivity index is 2.20. The van der Waals surface area contributed by atoms with Crippen molar-refractivity contribution in [2.24, 2.45) is 0 Å². The number of imidazole rings is 1. The third-order valence-electron chi connectivity index (χ3n) is 2.98. The van der Waals surface area contributed by atoms with Gasteiger partial charge in [0.1, 0.15) is 5.65 Å². The molecule has 1 saturated carbocycles. The van der Waals surface area contributed by atoms with Crippen molar-refractivity contribution in [3.05, 3.63) is 36.3 Å². The molecule has 2 aromatic rings. The van der Waals surface area contributed by atoms with E-state index >= 15 is 0 Å². The van der Waals surface area contributed by atoms with E-state index in [1.165, 1.54) is 25.0 Å². The van der Waals surface area contributed by atoms with E-state index < -0.39 is 0 Å². The maximum absolute atomic E-state index is 4.28. The van der Waals surface area contributed by atoms with Crippen LogP contribution in [0.4, 0.5) is 0 Å². The highest BCUT2D eigenvalue weighted by molar-refractivity contribution is 5.40. The van der Waals surface area contributed by atoms with Crippen LogP contribution in [0.2, 0.25) is 0 Å². The molecule has 2 heterocycles. The molecule has 0 N–H and O–H groups in total. The Kier molecular flexibility index (Phi) is 1.42. The van der Waals surface area contributed by atoms with Gasteiger partial charge in [-0.3, -0.25) is 0 Å². The van der Waals surface area contributed by atoms with Gasteiger partial charge in [-0.15, -0.1) is 0 Å². The Labute approximate surface area is 77.2 Å². The van der Waals surface area contributed by atoms with Gasteiger partial charge in [0.25, 0.3) is 0 Å². The Hall–Kier alpha value is -1.31. The quantitative estimate of drug-likeness (QED) is 0.646. The second kappa shape index (κ2) is 2.59. The van der Waals surface area contributed by atoms with Gasteiger partial charge in [-0.05, 0) is 30.9 Å². The van der Waals surface area contributed by atoms with Crippen molar-refractivity contribution < 1.29 is 0 Å². The molecule has 0 saturated heterocycles. The van der Waals surface area contributed by atoms with Gasteiger partial charge >= 0.3 is 0 Å². The molecular weight excluding hydrogens is 160 g/mol.